The van der Waals surface area contributed by atoms with E-state index in [0.29, 0.717) is 6.10 Å². The van der Waals surface area contributed by atoms with E-state index in [-0.39, 0.29) is 0 Å². The third-order valence-corrected chi connectivity index (χ3v) is 8.32. The monoisotopic (exact) mass is 352 g/mol. The lowest BCUT2D eigenvalue weighted by Crippen LogP contribution is -2.33. The quantitative estimate of drug-likeness (QED) is 0.406. The number of hydrogen-bond acceptors (Lipinski definition) is 2. The van der Waals surface area contributed by atoms with Gasteiger partial charge in [-0.25, -0.2) is 0 Å². The van der Waals surface area contributed by atoms with Crippen LogP contribution in [0.25, 0.3) is 0 Å². The number of allylic oxidation sites excluding steroid dienone is 1. The zero-order valence-corrected chi connectivity index (χ0v) is 18.1. The molecule has 0 aromatic heterocycles. The summed E-state index contributed by atoms with van der Waals surface area (Å²) in [6.07, 6.45) is 3.80. The Bertz CT molecular complexity index is 472. The van der Waals surface area contributed by atoms with Crippen molar-refractivity contribution in [1.29, 1.82) is 0 Å². The van der Waals surface area contributed by atoms with Gasteiger partial charge in [-0.15, -0.1) is 11.8 Å². The van der Waals surface area contributed by atoms with Crippen LogP contribution in [0.1, 0.15) is 13.3 Å². The van der Waals surface area contributed by atoms with Crippen LogP contribution in [0, 0.1) is 0 Å². The molecule has 0 radical (unpaired) electrons. The van der Waals surface area contributed by atoms with Crippen LogP contribution in [0.4, 0.5) is 0 Å². The van der Waals surface area contributed by atoms with Crippen molar-refractivity contribution in [2.45, 2.75) is 63.6 Å². The van der Waals surface area contributed by atoms with E-state index in [0.717, 1.165) is 12.2 Å². The molecule has 1 aromatic carbocycles. The average Bonchev–Trinajstić information content (AvgIpc) is 2.40. The molecule has 1 aromatic rings. The van der Waals surface area contributed by atoms with Crippen molar-refractivity contribution in [1.82, 2.24) is 0 Å². The van der Waals surface area contributed by atoms with Crippen LogP contribution in [0.3, 0.4) is 0 Å². The molecule has 1 atom stereocenters. The molecule has 1 unspecified atom stereocenters. The van der Waals surface area contributed by atoms with Crippen molar-refractivity contribution in [2.75, 3.05) is 5.75 Å². The summed E-state index contributed by atoms with van der Waals surface area (Å²) in [5.41, 5.74) is 0. The standard InChI is InChI=1S/C18H32OSSi2/c1-16(21(2,3)4)13-14-17(19-22(5,6)7)15-20-18-11-9-8-10-12-18/h8-13,17H,14-15H2,1-7H3/b16-13-. The van der Waals surface area contributed by atoms with E-state index in [1.54, 1.807) is 5.20 Å². The Morgan fingerprint density at radius 1 is 1.09 bits per heavy atom. The maximum Gasteiger partial charge on any atom is 0.184 e. The van der Waals surface area contributed by atoms with E-state index in [2.05, 4.69) is 82.6 Å². The molecule has 22 heavy (non-hydrogen) atoms. The van der Waals surface area contributed by atoms with E-state index in [1.807, 2.05) is 11.8 Å². The topological polar surface area (TPSA) is 9.23 Å². The maximum absolute atomic E-state index is 6.41. The van der Waals surface area contributed by atoms with Crippen LogP contribution in [0.2, 0.25) is 39.3 Å². The van der Waals surface area contributed by atoms with E-state index >= 15 is 0 Å². The van der Waals surface area contributed by atoms with Gasteiger partial charge in [-0.1, -0.05) is 49.1 Å². The second kappa shape index (κ2) is 8.53. The molecule has 0 heterocycles. The molecule has 0 aliphatic heterocycles. The van der Waals surface area contributed by atoms with Gasteiger partial charge in [-0.2, -0.15) is 0 Å². The van der Waals surface area contributed by atoms with Gasteiger partial charge in [0.25, 0.3) is 0 Å². The van der Waals surface area contributed by atoms with Crippen LogP contribution in [-0.4, -0.2) is 28.2 Å². The fourth-order valence-corrected chi connectivity index (χ4v) is 4.93. The van der Waals surface area contributed by atoms with E-state index < -0.39 is 16.4 Å². The van der Waals surface area contributed by atoms with Gasteiger partial charge in [0.1, 0.15) is 0 Å². The molecule has 0 aliphatic rings. The molecule has 0 saturated heterocycles. The summed E-state index contributed by atoms with van der Waals surface area (Å²) in [6.45, 7) is 16.4. The van der Waals surface area contributed by atoms with Gasteiger partial charge >= 0.3 is 0 Å². The summed E-state index contributed by atoms with van der Waals surface area (Å²) in [5.74, 6) is 1.03. The molecule has 1 nitrogen and oxygen atoms in total. The normalized spacial score (nSPS) is 15.0. The molecule has 0 fully saturated rings. The highest BCUT2D eigenvalue weighted by Gasteiger charge is 2.22. The van der Waals surface area contributed by atoms with Crippen molar-refractivity contribution in [3.8, 4) is 0 Å². The fraction of sp³-hybridized carbons (Fsp3) is 0.556. The Hall–Kier alpha value is -0.296. The molecule has 0 bridgehead atoms. The Morgan fingerprint density at radius 3 is 2.18 bits per heavy atom. The van der Waals surface area contributed by atoms with E-state index in [4.69, 9.17) is 4.43 Å². The van der Waals surface area contributed by atoms with Gasteiger partial charge in [0.15, 0.2) is 8.32 Å². The van der Waals surface area contributed by atoms with Crippen molar-refractivity contribution in [2.24, 2.45) is 0 Å². The highest BCUT2D eigenvalue weighted by atomic mass is 32.2. The Morgan fingerprint density at radius 2 is 1.68 bits per heavy atom. The lowest BCUT2D eigenvalue weighted by Gasteiger charge is -2.26. The largest absolute Gasteiger partial charge is 0.414 e. The zero-order valence-electron chi connectivity index (χ0n) is 15.3. The first kappa shape index (κ1) is 19.7. The van der Waals surface area contributed by atoms with Crippen LogP contribution in [0.5, 0.6) is 0 Å². The summed E-state index contributed by atoms with van der Waals surface area (Å²) in [4.78, 5) is 1.33. The maximum atomic E-state index is 6.41. The predicted octanol–water partition coefficient (Wildman–Crippen LogP) is 6.21. The van der Waals surface area contributed by atoms with E-state index in [1.165, 1.54) is 4.90 Å². The first-order valence-electron chi connectivity index (χ1n) is 8.11. The minimum absolute atomic E-state index is 0.322. The Labute approximate surface area is 143 Å². The van der Waals surface area contributed by atoms with Crippen molar-refractivity contribution in [3.63, 3.8) is 0 Å². The van der Waals surface area contributed by atoms with E-state index in [9.17, 15) is 0 Å². The summed E-state index contributed by atoms with van der Waals surface area (Å²) in [6, 6.07) is 10.6. The lowest BCUT2D eigenvalue weighted by molar-refractivity contribution is 0.222. The van der Waals surface area contributed by atoms with Gasteiger partial charge in [-0.3, -0.25) is 0 Å². The molecule has 1 rings (SSSR count). The first-order chi connectivity index (χ1) is 10.1. The zero-order chi connectivity index (χ0) is 16.8. The number of hydrogen-bond donors (Lipinski definition) is 0. The van der Waals surface area contributed by atoms with Gasteiger partial charge < -0.3 is 4.43 Å². The summed E-state index contributed by atoms with van der Waals surface area (Å²) < 4.78 is 6.41. The lowest BCUT2D eigenvalue weighted by atomic mass is 10.3. The molecular formula is C18H32OSSi2. The second-order valence-electron chi connectivity index (χ2n) is 7.85. The molecule has 0 spiro atoms. The number of benzene rings is 1. The Balaban J connectivity index is 2.68. The van der Waals surface area contributed by atoms with Crippen LogP contribution in [0.15, 0.2) is 46.5 Å². The van der Waals surface area contributed by atoms with Crippen LogP contribution in [-0.2, 0) is 4.43 Å². The Kier molecular flexibility index (Phi) is 7.65. The number of thioether (sulfide) groups is 1. The number of rotatable bonds is 8. The third kappa shape index (κ3) is 8.37. The minimum atomic E-state index is -1.51. The molecule has 0 amide bonds. The summed E-state index contributed by atoms with van der Waals surface area (Å²) >= 11 is 1.91. The SMILES string of the molecule is C/C(=C/CC(CSc1ccccc1)O[Si](C)(C)C)[Si](C)(C)C. The van der Waals surface area contributed by atoms with Gasteiger partial charge in [-0.05, 0) is 45.1 Å². The van der Waals surface area contributed by atoms with Crippen molar-refractivity contribution in [3.05, 3.63) is 41.6 Å². The van der Waals surface area contributed by atoms with Crippen LogP contribution >= 0.6 is 11.8 Å². The highest BCUT2D eigenvalue weighted by Crippen LogP contribution is 2.23. The fourth-order valence-electron chi connectivity index (χ4n) is 1.97. The first-order valence-corrected chi connectivity index (χ1v) is 16.0. The summed E-state index contributed by atoms with van der Waals surface area (Å²) in [5, 5.41) is 1.58. The molecule has 0 aliphatic carbocycles. The molecule has 4 heteroatoms. The summed E-state index contributed by atoms with van der Waals surface area (Å²) in [7, 11) is -2.67. The van der Waals surface area contributed by atoms with Gasteiger partial charge in [0.2, 0.25) is 0 Å². The molecule has 124 valence electrons. The van der Waals surface area contributed by atoms with Crippen LogP contribution < -0.4 is 0 Å². The average molecular weight is 353 g/mol. The van der Waals surface area contributed by atoms with Gasteiger partial charge in [0, 0.05) is 10.6 Å². The van der Waals surface area contributed by atoms with Crippen molar-refractivity contribution < 1.29 is 4.43 Å². The second-order valence-corrected chi connectivity index (χ2v) is 18.7. The molecule has 0 N–H and O–H groups in total. The third-order valence-electron chi connectivity index (χ3n) is 3.57. The molecule has 0 saturated carbocycles. The smallest absolute Gasteiger partial charge is 0.184 e. The molecular weight excluding hydrogens is 320 g/mol. The van der Waals surface area contributed by atoms with Crippen molar-refractivity contribution >= 4 is 28.2 Å². The highest BCUT2D eigenvalue weighted by molar-refractivity contribution is 7.99. The van der Waals surface area contributed by atoms with Gasteiger partial charge in [0.05, 0.1) is 14.2 Å². The minimum Gasteiger partial charge on any atom is -0.414 e. The predicted molar refractivity (Wildman–Crippen MR) is 107 cm³/mol.